The van der Waals surface area contributed by atoms with Gasteiger partial charge in [-0.2, -0.15) is 0 Å². The van der Waals surface area contributed by atoms with E-state index in [4.69, 9.17) is 9.73 Å². The van der Waals surface area contributed by atoms with Crippen LogP contribution in [0.15, 0.2) is 101 Å². The van der Waals surface area contributed by atoms with E-state index in [9.17, 15) is 0 Å². The Balaban J connectivity index is 1.33. The lowest BCUT2D eigenvalue weighted by atomic mass is 10.2. The number of thiophene rings is 1. The van der Waals surface area contributed by atoms with E-state index in [1.165, 1.54) is 10.6 Å². The zero-order chi connectivity index (χ0) is 19.5. The SMILES string of the molecule is C1=CN(Cc2cccs2)N2CCC=C2C1=Nc1ccc(Oc2ccccc2)cc1. The molecule has 0 amide bonds. The number of ether oxygens (including phenoxy) is 1. The van der Waals surface area contributed by atoms with Gasteiger partial charge in [0, 0.05) is 17.6 Å². The molecule has 0 aliphatic carbocycles. The first-order chi connectivity index (χ1) is 14.3. The number of rotatable bonds is 5. The summed E-state index contributed by atoms with van der Waals surface area (Å²) in [7, 11) is 0. The molecule has 0 bridgehead atoms. The summed E-state index contributed by atoms with van der Waals surface area (Å²) < 4.78 is 5.87. The van der Waals surface area contributed by atoms with Crippen molar-refractivity contribution in [1.29, 1.82) is 0 Å². The summed E-state index contributed by atoms with van der Waals surface area (Å²) in [5, 5.41) is 6.73. The summed E-state index contributed by atoms with van der Waals surface area (Å²) >= 11 is 1.79. The van der Waals surface area contributed by atoms with Crippen LogP contribution in [-0.4, -0.2) is 22.3 Å². The number of hydrazine groups is 1. The first-order valence-corrected chi connectivity index (χ1v) is 10.6. The van der Waals surface area contributed by atoms with Gasteiger partial charge in [-0.1, -0.05) is 30.3 Å². The number of allylic oxidation sites excluding steroid dienone is 1. The smallest absolute Gasteiger partial charge is 0.127 e. The van der Waals surface area contributed by atoms with Gasteiger partial charge in [-0.15, -0.1) is 11.3 Å². The molecule has 3 heterocycles. The Morgan fingerprint density at radius 1 is 0.931 bits per heavy atom. The Morgan fingerprint density at radius 2 is 1.76 bits per heavy atom. The Hall–Kier alpha value is -3.31. The van der Waals surface area contributed by atoms with Crippen LogP contribution >= 0.6 is 11.3 Å². The average Bonchev–Trinajstić information content (AvgIpc) is 3.44. The van der Waals surface area contributed by atoms with Gasteiger partial charge in [-0.25, -0.2) is 4.99 Å². The van der Waals surface area contributed by atoms with Crippen molar-refractivity contribution < 1.29 is 4.74 Å². The highest BCUT2D eigenvalue weighted by atomic mass is 32.1. The summed E-state index contributed by atoms with van der Waals surface area (Å²) in [6.07, 6.45) is 7.56. The number of nitrogens with zero attached hydrogens (tertiary/aromatic N) is 3. The molecule has 0 spiro atoms. The van der Waals surface area contributed by atoms with E-state index in [1.54, 1.807) is 11.3 Å². The topological polar surface area (TPSA) is 28.1 Å². The molecule has 2 aliphatic heterocycles. The van der Waals surface area contributed by atoms with E-state index in [0.717, 1.165) is 42.4 Å². The van der Waals surface area contributed by atoms with Crippen molar-refractivity contribution in [3.63, 3.8) is 0 Å². The highest BCUT2D eigenvalue weighted by Crippen LogP contribution is 2.29. The van der Waals surface area contributed by atoms with Crippen LogP contribution in [0.3, 0.4) is 0 Å². The normalized spacial score (nSPS) is 16.8. The van der Waals surface area contributed by atoms with Crippen LogP contribution in [0.5, 0.6) is 11.5 Å². The molecular weight excluding hydrogens is 378 g/mol. The number of hydrogen-bond acceptors (Lipinski definition) is 5. The van der Waals surface area contributed by atoms with Crippen molar-refractivity contribution in [3.05, 3.63) is 101 Å². The van der Waals surface area contributed by atoms with E-state index >= 15 is 0 Å². The predicted octanol–water partition coefficient (Wildman–Crippen LogP) is 6.15. The second kappa shape index (κ2) is 7.97. The van der Waals surface area contributed by atoms with Crippen molar-refractivity contribution in [1.82, 2.24) is 10.0 Å². The van der Waals surface area contributed by atoms with Gasteiger partial charge in [0.1, 0.15) is 11.5 Å². The maximum absolute atomic E-state index is 5.87. The molecule has 0 fully saturated rings. The van der Waals surface area contributed by atoms with Crippen LogP contribution < -0.4 is 4.74 Å². The molecule has 144 valence electrons. The first kappa shape index (κ1) is 17.8. The van der Waals surface area contributed by atoms with Crippen molar-refractivity contribution in [2.45, 2.75) is 13.0 Å². The Labute approximate surface area is 174 Å². The van der Waals surface area contributed by atoms with Crippen molar-refractivity contribution in [2.75, 3.05) is 6.54 Å². The molecule has 0 unspecified atom stereocenters. The minimum Gasteiger partial charge on any atom is -0.457 e. The molecular formula is C24H21N3OS. The second-order valence-electron chi connectivity index (χ2n) is 6.90. The molecule has 3 aromatic rings. The fourth-order valence-electron chi connectivity index (χ4n) is 3.52. The largest absolute Gasteiger partial charge is 0.457 e. The van der Waals surface area contributed by atoms with Crippen LogP contribution in [0, 0.1) is 0 Å². The summed E-state index contributed by atoms with van der Waals surface area (Å²) in [6.45, 7) is 1.89. The summed E-state index contributed by atoms with van der Waals surface area (Å²) in [6, 6.07) is 22.0. The van der Waals surface area contributed by atoms with Crippen LogP contribution in [0.4, 0.5) is 5.69 Å². The number of benzene rings is 2. The van der Waals surface area contributed by atoms with Gasteiger partial charge in [0.15, 0.2) is 0 Å². The molecule has 0 saturated carbocycles. The minimum absolute atomic E-state index is 0.808. The summed E-state index contributed by atoms with van der Waals surface area (Å²) in [5.74, 6) is 1.64. The standard InChI is InChI=1S/C24H21N3OS/c1-2-6-20(7-3-1)28-21-12-10-19(11-13-21)25-23-14-16-26(18-22-8-5-17-29-22)27-15-4-9-24(23)27/h1-3,5-14,16-17H,4,15,18H2. The zero-order valence-corrected chi connectivity index (χ0v) is 16.8. The molecule has 29 heavy (non-hydrogen) atoms. The average molecular weight is 400 g/mol. The fraction of sp³-hybridized carbons (Fsp3) is 0.125. The zero-order valence-electron chi connectivity index (χ0n) is 15.9. The quantitative estimate of drug-likeness (QED) is 0.515. The van der Waals surface area contributed by atoms with Crippen LogP contribution in [0.1, 0.15) is 11.3 Å². The monoisotopic (exact) mass is 399 g/mol. The lowest BCUT2D eigenvalue weighted by Crippen LogP contribution is -2.40. The van der Waals surface area contributed by atoms with E-state index < -0.39 is 0 Å². The predicted molar refractivity (Wildman–Crippen MR) is 118 cm³/mol. The van der Waals surface area contributed by atoms with Crippen LogP contribution in [0.25, 0.3) is 0 Å². The van der Waals surface area contributed by atoms with Gasteiger partial charge in [0.2, 0.25) is 0 Å². The molecule has 0 atom stereocenters. The molecule has 1 aromatic heterocycles. The number of fused-ring (bicyclic) bond motifs is 1. The van der Waals surface area contributed by atoms with Gasteiger partial charge in [-0.3, -0.25) is 10.0 Å². The summed E-state index contributed by atoms with van der Waals surface area (Å²) in [4.78, 5) is 6.24. The Morgan fingerprint density at radius 3 is 2.55 bits per heavy atom. The molecule has 2 aliphatic rings. The lowest BCUT2D eigenvalue weighted by Gasteiger charge is -2.37. The lowest BCUT2D eigenvalue weighted by molar-refractivity contribution is 0.0697. The Bertz CT molecular complexity index is 1050. The number of para-hydroxylation sites is 1. The highest BCUT2D eigenvalue weighted by Gasteiger charge is 2.26. The molecule has 0 saturated heterocycles. The summed E-state index contributed by atoms with van der Waals surface area (Å²) in [5.41, 5.74) is 3.11. The molecule has 5 heteroatoms. The van der Waals surface area contributed by atoms with Crippen molar-refractivity contribution in [2.24, 2.45) is 4.99 Å². The van der Waals surface area contributed by atoms with Gasteiger partial charge in [0.25, 0.3) is 0 Å². The molecule has 5 rings (SSSR count). The van der Waals surface area contributed by atoms with Crippen LogP contribution in [0.2, 0.25) is 0 Å². The second-order valence-corrected chi connectivity index (χ2v) is 7.93. The molecule has 2 aromatic carbocycles. The third-order valence-electron chi connectivity index (χ3n) is 4.90. The van der Waals surface area contributed by atoms with E-state index in [2.05, 4.69) is 45.9 Å². The minimum atomic E-state index is 0.808. The van der Waals surface area contributed by atoms with Gasteiger partial charge >= 0.3 is 0 Å². The molecule has 4 nitrogen and oxygen atoms in total. The number of aliphatic imine (C=N–C) groups is 1. The fourth-order valence-corrected chi connectivity index (χ4v) is 4.22. The van der Waals surface area contributed by atoms with Gasteiger partial charge < -0.3 is 4.74 Å². The van der Waals surface area contributed by atoms with Crippen molar-refractivity contribution >= 4 is 22.7 Å². The maximum atomic E-state index is 5.87. The molecule has 0 radical (unpaired) electrons. The first-order valence-electron chi connectivity index (χ1n) is 9.72. The number of hydrogen-bond donors (Lipinski definition) is 0. The van der Waals surface area contributed by atoms with Gasteiger partial charge in [0.05, 0.1) is 23.6 Å². The van der Waals surface area contributed by atoms with Gasteiger partial charge in [-0.05, 0) is 60.3 Å². The van der Waals surface area contributed by atoms with E-state index in [-0.39, 0.29) is 0 Å². The maximum Gasteiger partial charge on any atom is 0.127 e. The Kier molecular flexibility index (Phi) is 4.88. The molecule has 0 N–H and O–H groups in total. The third kappa shape index (κ3) is 3.96. The highest BCUT2D eigenvalue weighted by molar-refractivity contribution is 7.09. The van der Waals surface area contributed by atoms with E-state index in [0.29, 0.717) is 0 Å². The van der Waals surface area contributed by atoms with E-state index in [1.807, 2.05) is 54.6 Å². The van der Waals surface area contributed by atoms with Crippen molar-refractivity contribution in [3.8, 4) is 11.5 Å². The van der Waals surface area contributed by atoms with Crippen LogP contribution in [-0.2, 0) is 6.54 Å². The third-order valence-corrected chi connectivity index (χ3v) is 5.76.